The van der Waals surface area contributed by atoms with Crippen molar-refractivity contribution in [2.45, 2.75) is 31.6 Å². The summed E-state index contributed by atoms with van der Waals surface area (Å²) in [5.74, 6) is 2.08. The molecule has 0 aliphatic heterocycles. The molecular weight excluding hydrogens is 222 g/mol. The lowest BCUT2D eigenvalue weighted by molar-refractivity contribution is 0.445. The van der Waals surface area contributed by atoms with Gasteiger partial charge in [-0.05, 0) is 44.9 Å². The van der Waals surface area contributed by atoms with Gasteiger partial charge in [0.25, 0.3) is 0 Å². The summed E-state index contributed by atoms with van der Waals surface area (Å²) in [6, 6.07) is 12.7. The number of rotatable bonds is 4. The van der Waals surface area contributed by atoms with Crippen molar-refractivity contribution in [2.75, 3.05) is 6.54 Å². The topological polar surface area (TPSA) is 39.2 Å². The summed E-state index contributed by atoms with van der Waals surface area (Å²) in [5, 5.41) is 0. The molecule has 0 unspecified atom stereocenters. The highest BCUT2D eigenvalue weighted by molar-refractivity contribution is 5.58. The quantitative estimate of drug-likeness (QED) is 0.887. The summed E-state index contributed by atoms with van der Waals surface area (Å²) in [5.41, 5.74) is 8.35. The van der Waals surface area contributed by atoms with E-state index in [9.17, 15) is 0 Å². The molecule has 1 heterocycles. The summed E-state index contributed by atoms with van der Waals surface area (Å²) < 4.78 is 6.03. The van der Waals surface area contributed by atoms with Gasteiger partial charge in [0.05, 0.1) is 0 Å². The van der Waals surface area contributed by atoms with Crippen LogP contribution < -0.4 is 5.73 Å². The van der Waals surface area contributed by atoms with Crippen molar-refractivity contribution < 1.29 is 4.42 Å². The van der Waals surface area contributed by atoms with Crippen molar-refractivity contribution >= 4 is 0 Å². The molecule has 1 aromatic carbocycles. The minimum atomic E-state index is 0.248. The van der Waals surface area contributed by atoms with Crippen molar-refractivity contribution in [3.05, 3.63) is 47.7 Å². The molecule has 2 nitrogen and oxygen atoms in total. The number of nitrogens with two attached hydrogens (primary N) is 1. The summed E-state index contributed by atoms with van der Waals surface area (Å²) in [7, 11) is 0. The second kappa shape index (κ2) is 4.29. The minimum Gasteiger partial charge on any atom is -0.461 e. The van der Waals surface area contributed by atoms with E-state index in [2.05, 4.69) is 43.3 Å². The Morgan fingerprint density at radius 2 is 1.83 bits per heavy atom. The van der Waals surface area contributed by atoms with E-state index in [0.717, 1.165) is 30.0 Å². The number of aryl methyl sites for hydroxylation is 1. The van der Waals surface area contributed by atoms with E-state index in [0.29, 0.717) is 0 Å². The summed E-state index contributed by atoms with van der Waals surface area (Å²) in [6.07, 6.45) is 3.46. The Balaban J connectivity index is 1.88. The second-order valence-corrected chi connectivity index (χ2v) is 5.35. The molecule has 3 rings (SSSR count). The molecule has 1 aliphatic carbocycles. The standard InChI is InChI=1S/C16H19NO/c1-12-2-4-13(5-3-12)14-6-7-15(18-14)16(8-9-16)10-11-17/h2-7H,8-11,17H2,1H3. The fraction of sp³-hybridized carbons (Fsp3) is 0.375. The summed E-state index contributed by atoms with van der Waals surface area (Å²) in [6.45, 7) is 2.83. The van der Waals surface area contributed by atoms with Gasteiger partial charge in [-0.1, -0.05) is 29.8 Å². The van der Waals surface area contributed by atoms with Crippen LogP contribution in [-0.2, 0) is 5.41 Å². The zero-order chi connectivity index (χ0) is 12.6. The van der Waals surface area contributed by atoms with Crippen LogP contribution in [0.2, 0.25) is 0 Å². The van der Waals surface area contributed by atoms with Crippen LogP contribution in [0.25, 0.3) is 11.3 Å². The Morgan fingerprint density at radius 3 is 2.44 bits per heavy atom. The lowest BCUT2D eigenvalue weighted by atomic mass is 10.00. The van der Waals surface area contributed by atoms with E-state index in [1.165, 1.54) is 18.4 Å². The first-order valence-electron chi connectivity index (χ1n) is 6.61. The molecule has 0 spiro atoms. The van der Waals surface area contributed by atoms with Crippen LogP contribution in [0.3, 0.4) is 0 Å². The number of furan rings is 1. The maximum atomic E-state index is 6.03. The van der Waals surface area contributed by atoms with Gasteiger partial charge < -0.3 is 10.2 Å². The molecule has 0 radical (unpaired) electrons. The molecule has 1 saturated carbocycles. The molecule has 94 valence electrons. The number of hydrogen-bond acceptors (Lipinski definition) is 2. The van der Waals surface area contributed by atoms with Gasteiger partial charge in [-0.25, -0.2) is 0 Å². The minimum absolute atomic E-state index is 0.248. The lowest BCUT2D eigenvalue weighted by Crippen LogP contribution is -2.12. The Labute approximate surface area is 108 Å². The fourth-order valence-corrected chi connectivity index (χ4v) is 2.54. The van der Waals surface area contributed by atoms with Gasteiger partial charge in [0.15, 0.2) is 0 Å². The van der Waals surface area contributed by atoms with E-state index in [-0.39, 0.29) is 5.41 Å². The van der Waals surface area contributed by atoms with Crippen molar-refractivity contribution in [3.8, 4) is 11.3 Å². The highest BCUT2D eigenvalue weighted by atomic mass is 16.3. The molecular formula is C16H19NO. The van der Waals surface area contributed by atoms with Crippen molar-refractivity contribution in [1.29, 1.82) is 0 Å². The van der Waals surface area contributed by atoms with Crippen molar-refractivity contribution in [1.82, 2.24) is 0 Å². The molecule has 0 saturated heterocycles. The smallest absolute Gasteiger partial charge is 0.134 e. The van der Waals surface area contributed by atoms with Gasteiger partial charge >= 0.3 is 0 Å². The van der Waals surface area contributed by atoms with Crippen LogP contribution in [0, 0.1) is 6.92 Å². The van der Waals surface area contributed by atoms with E-state index in [1.54, 1.807) is 0 Å². The zero-order valence-corrected chi connectivity index (χ0v) is 10.8. The molecule has 1 fully saturated rings. The fourth-order valence-electron chi connectivity index (χ4n) is 2.54. The van der Waals surface area contributed by atoms with Crippen LogP contribution in [0.4, 0.5) is 0 Å². The van der Waals surface area contributed by atoms with E-state index >= 15 is 0 Å². The van der Waals surface area contributed by atoms with E-state index < -0.39 is 0 Å². The highest BCUT2D eigenvalue weighted by Crippen LogP contribution is 2.51. The average Bonchev–Trinajstić information content (AvgIpc) is 2.99. The largest absolute Gasteiger partial charge is 0.461 e. The van der Waals surface area contributed by atoms with Gasteiger partial charge in [0.2, 0.25) is 0 Å². The number of hydrogen-bond donors (Lipinski definition) is 1. The summed E-state index contributed by atoms with van der Waals surface area (Å²) >= 11 is 0. The average molecular weight is 241 g/mol. The number of benzene rings is 1. The van der Waals surface area contributed by atoms with Gasteiger partial charge in [-0.2, -0.15) is 0 Å². The third-order valence-electron chi connectivity index (χ3n) is 3.94. The van der Waals surface area contributed by atoms with Crippen LogP contribution in [0.15, 0.2) is 40.8 Å². The van der Waals surface area contributed by atoms with E-state index in [4.69, 9.17) is 10.2 Å². The van der Waals surface area contributed by atoms with Gasteiger partial charge in [-0.15, -0.1) is 0 Å². The van der Waals surface area contributed by atoms with Gasteiger partial charge in [-0.3, -0.25) is 0 Å². The Hall–Kier alpha value is -1.54. The first-order chi connectivity index (χ1) is 8.73. The third-order valence-corrected chi connectivity index (χ3v) is 3.94. The Bertz CT molecular complexity index is 534. The first kappa shape index (κ1) is 11.5. The molecule has 1 aromatic heterocycles. The van der Waals surface area contributed by atoms with Crippen LogP contribution in [0.5, 0.6) is 0 Å². The Morgan fingerprint density at radius 1 is 1.11 bits per heavy atom. The Kier molecular flexibility index (Phi) is 2.75. The van der Waals surface area contributed by atoms with Crippen LogP contribution in [-0.4, -0.2) is 6.54 Å². The normalized spacial score (nSPS) is 16.8. The van der Waals surface area contributed by atoms with Gasteiger partial charge in [0, 0.05) is 11.0 Å². The molecule has 0 atom stereocenters. The second-order valence-electron chi connectivity index (χ2n) is 5.35. The molecule has 0 amide bonds. The van der Waals surface area contributed by atoms with Gasteiger partial charge in [0.1, 0.15) is 11.5 Å². The van der Waals surface area contributed by atoms with E-state index in [1.807, 2.05) is 0 Å². The monoisotopic (exact) mass is 241 g/mol. The first-order valence-corrected chi connectivity index (χ1v) is 6.61. The molecule has 1 aliphatic rings. The third kappa shape index (κ3) is 1.97. The lowest BCUT2D eigenvalue weighted by Gasteiger charge is -2.09. The highest BCUT2D eigenvalue weighted by Gasteiger charge is 2.46. The van der Waals surface area contributed by atoms with Crippen LogP contribution >= 0.6 is 0 Å². The predicted octanol–water partition coefficient (Wildman–Crippen LogP) is 3.64. The zero-order valence-electron chi connectivity index (χ0n) is 10.8. The van der Waals surface area contributed by atoms with Crippen molar-refractivity contribution in [2.24, 2.45) is 5.73 Å². The molecule has 2 heteroatoms. The van der Waals surface area contributed by atoms with Crippen LogP contribution in [0.1, 0.15) is 30.6 Å². The maximum Gasteiger partial charge on any atom is 0.134 e. The SMILES string of the molecule is Cc1ccc(-c2ccc(C3(CCN)CC3)o2)cc1. The molecule has 18 heavy (non-hydrogen) atoms. The molecule has 2 N–H and O–H groups in total. The predicted molar refractivity (Wildman–Crippen MR) is 73.5 cm³/mol. The maximum absolute atomic E-state index is 6.03. The summed E-state index contributed by atoms with van der Waals surface area (Å²) in [4.78, 5) is 0. The molecule has 2 aromatic rings. The molecule has 0 bridgehead atoms. The van der Waals surface area contributed by atoms with Crippen molar-refractivity contribution in [3.63, 3.8) is 0 Å².